The van der Waals surface area contributed by atoms with Crippen LogP contribution in [-0.2, 0) is 13.1 Å². The Balaban J connectivity index is 1.23. The molecule has 0 radical (unpaired) electrons. The van der Waals surface area contributed by atoms with Gasteiger partial charge >= 0.3 is 0 Å². The van der Waals surface area contributed by atoms with Gasteiger partial charge in [0.25, 0.3) is 0 Å². The summed E-state index contributed by atoms with van der Waals surface area (Å²) >= 11 is 11.8. The van der Waals surface area contributed by atoms with E-state index in [-0.39, 0.29) is 0 Å². The van der Waals surface area contributed by atoms with Gasteiger partial charge < -0.3 is 21.3 Å². The van der Waals surface area contributed by atoms with Crippen molar-refractivity contribution in [2.75, 3.05) is 39.3 Å². The topological polar surface area (TPSA) is 48.1 Å². The van der Waals surface area contributed by atoms with Gasteiger partial charge in [0, 0.05) is 23.1 Å². The number of nitrogens with one attached hydrogen (secondary N) is 4. The van der Waals surface area contributed by atoms with E-state index in [4.69, 9.17) is 23.2 Å². The number of rotatable bonds is 20. The third-order valence-electron chi connectivity index (χ3n) is 5.61. The molecule has 0 saturated carbocycles. The molecule has 0 saturated heterocycles. The smallest absolute Gasteiger partial charge is 0.0406 e. The molecule has 4 N–H and O–H groups in total. The van der Waals surface area contributed by atoms with Crippen molar-refractivity contribution in [3.8, 4) is 0 Å². The van der Waals surface area contributed by atoms with Gasteiger partial charge in [-0.2, -0.15) is 0 Å². The molecule has 0 heterocycles. The van der Waals surface area contributed by atoms with Gasteiger partial charge in [0.15, 0.2) is 0 Å². The summed E-state index contributed by atoms with van der Waals surface area (Å²) in [5.41, 5.74) is 2.56. The van der Waals surface area contributed by atoms with E-state index >= 15 is 0 Å². The summed E-state index contributed by atoms with van der Waals surface area (Å²) < 4.78 is 0. The Labute approximate surface area is 211 Å². The Hall–Kier alpha value is -1.14. The lowest BCUT2D eigenvalue weighted by Gasteiger charge is -2.08. The van der Waals surface area contributed by atoms with E-state index < -0.39 is 0 Å². The van der Waals surface area contributed by atoms with Gasteiger partial charge in [0.1, 0.15) is 0 Å². The van der Waals surface area contributed by atoms with Crippen LogP contribution in [0.3, 0.4) is 0 Å². The summed E-state index contributed by atoms with van der Waals surface area (Å²) in [5, 5.41) is 15.7. The highest BCUT2D eigenvalue weighted by Crippen LogP contribution is 2.10. The summed E-state index contributed by atoms with van der Waals surface area (Å²) in [7, 11) is 0. The molecule has 0 fully saturated rings. The summed E-state index contributed by atoms with van der Waals surface area (Å²) in [4.78, 5) is 0. The predicted octanol–water partition coefficient (Wildman–Crippen LogP) is 5.78. The molecule has 33 heavy (non-hydrogen) atoms. The lowest BCUT2D eigenvalue weighted by Crippen LogP contribution is -2.22. The van der Waals surface area contributed by atoms with Crippen molar-refractivity contribution >= 4 is 23.2 Å². The van der Waals surface area contributed by atoms with Crippen LogP contribution in [0, 0.1) is 0 Å². The molecule has 2 rings (SSSR count). The van der Waals surface area contributed by atoms with Gasteiger partial charge in [0.05, 0.1) is 0 Å². The first kappa shape index (κ1) is 28.1. The van der Waals surface area contributed by atoms with E-state index in [1.807, 2.05) is 24.3 Å². The Morgan fingerprint density at radius 3 is 1.15 bits per heavy atom. The van der Waals surface area contributed by atoms with Gasteiger partial charge in [-0.15, -0.1) is 0 Å². The maximum atomic E-state index is 5.91. The van der Waals surface area contributed by atoms with Crippen molar-refractivity contribution in [3.05, 3.63) is 69.7 Å². The van der Waals surface area contributed by atoms with Crippen molar-refractivity contribution in [3.63, 3.8) is 0 Å². The quantitative estimate of drug-likeness (QED) is 0.177. The maximum absolute atomic E-state index is 5.91. The van der Waals surface area contributed by atoms with Crippen LogP contribution in [-0.4, -0.2) is 39.3 Å². The van der Waals surface area contributed by atoms with Crippen molar-refractivity contribution in [1.29, 1.82) is 0 Å². The normalized spacial score (nSPS) is 11.2. The van der Waals surface area contributed by atoms with E-state index in [2.05, 4.69) is 45.5 Å². The van der Waals surface area contributed by atoms with Crippen molar-refractivity contribution in [2.45, 2.75) is 58.0 Å². The monoisotopic (exact) mass is 492 g/mol. The van der Waals surface area contributed by atoms with Crippen LogP contribution in [0.5, 0.6) is 0 Å². The molecule has 0 aliphatic rings. The van der Waals surface area contributed by atoms with E-state index in [1.54, 1.807) is 0 Å². The van der Waals surface area contributed by atoms with Crippen LogP contribution >= 0.6 is 23.2 Å². The Bertz CT molecular complexity index is 646. The SMILES string of the molecule is Clc1ccc(CNCCCNCCCCCCCNCCCNCc2ccc(Cl)cc2)cc1. The van der Waals surface area contributed by atoms with Crippen LogP contribution in [0.4, 0.5) is 0 Å². The highest BCUT2D eigenvalue weighted by molar-refractivity contribution is 6.30. The van der Waals surface area contributed by atoms with E-state index in [0.717, 1.165) is 75.2 Å². The number of hydrogen-bond donors (Lipinski definition) is 4. The molecule has 0 atom stereocenters. The van der Waals surface area contributed by atoms with Crippen LogP contribution in [0.1, 0.15) is 56.1 Å². The minimum Gasteiger partial charge on any atom is -0.317 e. The predicted molar refractivity (Wildman–Crippen MR) is 144 cm³/mol. The van der Waals surface area contributed by atoms with E-state index in [1.165, 1.54) is 43.2 Å². The first-order valence-electron chi connectivity index (χ1n) is 12.6. The van der Waals surface area contributed by atoms with Crippen LogP contribution in [0.15, 0.2) is 48.5 Å². The number of benzene rings is 2. The fourth-order valence-electron chi connectivity index (χ4n) is 3.63. The fraction of sp³-hybridized carbons (Fsp3) is 0.556. The zero-order valence-corrected chi connectivity index (χ0v) is 21.5. The number of unbranched alkanes of at least 4 members (excludes halogenated alkanes) is 4. The summed E-state index contributed by atoms with van der Waals surface area (Å²) in [6.45, 7) is 8.36. The molecule has 0 aromatic heterocycles. The second-order valence-electron chi connectivity index (χ2n) is 8.58. The molecule has 6 heteroatoms. The number of hydrogen-bond acceptors (Lipinski definition) is 4. The third kappa shape index (κ3) is 15.4. The molecule has 4 nitrogen and oxygen atoms in total. The molecule has 184 valence electrons. The van der Waals surface area contributed by atoms with Crippen LogP contribution < -0.4 is 21.3 Å². The highest BCUT2D eigenvalue weighted by atomic mass is 35.5. The average molecular weight is 494 g/mol. The van der Waals surface area contributed by atoms with Crippen LogP contribution in [0.2, 0.25) is 10.0 Å². The zero-order valence-electron chi connectivity index (χ0n) is 20.0. The molecule has 0 spiro atoms. The molecule has 2 aromatic carbocycles. The second-order valence-corrected chi connectivity index (χ2v) is 9.45. The summed E-state index contributed by atoms with van der Waals surface area (Å²) in [5.74, 6) is 0. The number of halogens is 2. The van der Waals surface area contributed by atoms with Gasteiger partial charge in [-0.05, 0) is 100 Å². The van der Waals surface area contributed by atoms with Gasteiger partial charge in [-0.25, -0.2) is 0 Å². The standard InChI is InChI=1S/C27H42Cl2N4/c28-26-12-8-24(9-13-26)22-32-20-6-18-30-16-4-2-1-3-5-17-31-19-7-21-33-23-25-10-14-27(29)15-11-25/h8-15,30-33H,1-7,16-23H2. The average Bonchev–Trinajstić information content (AvgIpc) is 2.83. The first-order chi connectivity index (χ1) is 16.2. The first-order valence-corrected chi connectivity index (χ1v) is 13.3. The molecule has 0 unspecified atom stereocenters. The minimum absolute atomic E-state index is 0.797. The van der Waals surface area contributed by atoms with Crippen molar-refractivity contribution in [1.82, 2.24) is 21.3 Å². The van der Waals surface area contributed by atoms with Gasteiger partial charge in [0.2, 0.25) is 0 Å². The van der Waals surface area contributed by atoms with Crippen molar-refractivity contribution < 1.29 is 0 Å². The molecule has 2 aromatic rings. The largest absolute Gasteiger partial charge is 0.317 e. The Morgan fingerprint density at radius 2 is 0.727 bits per heavy atom. The van der Waals surface area contributed by atoms with Crippen LogP contribution in [0.25, 0.3) is 0 Å². The molecule has 0 amide bonds. The lowest BCUT2D eigenvalue weighted by atomic mass is 10.1. The molecule has 0 aliphatic heterocycles. The van der Waals surface area contributed by atoms with E-state index in [0.29, 0.717) is 0 Å². The van der Waals surface area contributed by atoms with Crippen molar-refractivity contribution in [2.24, 2.45) is 0 Å². The molecular formula is C27H42Cl2N4. The second kappa shape index (κ2) is 19.2. The van der Waals surface area contributed by atoms with Gasteiger partial charge in [-0.3, -0.25) is 0 Å². The minimum atomic E-state index is 0.797. The summed E-state index contributed by atoms with van der Waals surface area (Å²) in [6.07, 6.45) is 8.89. The zero-order chi connectivity index (χ0) is 23.4. The molecular weight excluding hydrogens is 451 g/mol. The third-order valence-corrected chi connectivity index (χ3v) is 6.11. The fourth-order valence-corrected chi connectivity index (χ4v) is 3.88. The highest BCUT2D eigenvalue weighted by Gasteiger charge is 1.96. The molecule has 0 bridgehead atoms. The summed E-state index contributed by atoms with van der Waals surface area (Å²) in [6, 6.07) is 16.1. The molecule has 0 aliphatic carbocycles. The van der Waals surface area contributed by atoms with Gasteiger partial charge in [-0.1, -0.05) is 66.7 Å². The Kier molecular flexibility index (Phi) is 16.3. The maximum Gasteiger partial charge on any atom is 0.0406 e. The lowest BCUT2D eigenvalue weighted by molar-refractivity contribution is 0.537. The Morgan fingerprint density at radius 1 is 0.394 bits per heavy atom. The van der Waals surface area contributed by atoms with E-state index in [9.17, 15) is 0 Å².